The minimum Gasteiger partial charge on any atom is -0.463 e. The van der Waals surface area contributed by atoms with Gasteiger partial charge in [0.05, 0.1) is 18.0 Å². The predicted octanol–water partition coefficient (Wildman–Crippen LogP) is 2.73. The lowest BCUT2D eigenvalue weighted by atomic mass is 10.1. The largest absolute Gasteiger partial charge is 0.463 e. The van der Waals surface area contributed by atoms with Gasteiger partial charge in [0, 0.05) is 11.6 Å². The normalized spacial score (nSPS) is 10.8. The fraction of sp³-hybridized carbons (Fsp3) is 0.286. The molecule has 0 spiro atoms. The molecule has 17 heavy (non-hydrogen) atoms. The molecule has 0 aliphatic rings. The van der Waals surface area contributed by atoms with Gasteiger partial charge in [-0.25, -0.2) is 0 Å². The van der Waals surface area contributed by atoms with E-state index in [1.807, 2.05) is 44.2 Å². The lowest BCUT2D eigenvalue weighted by molar-refractivity contribution is -0.146. The molecule has 1 aromatic heterocycles. The molecule has 0 aliphatic heterocycles. The monoisotopic (exact) mass is 229 g/mol. The van der Waals surface area contributed by atoms with Gasteiger partial charge >= 0.3 is 5.97 Å². The summed E-state index contributed by atoms with van der Waals surface area (Å²) in [5.74, 6) is -0.210. The maximum Gasteiger partial charge on any atom is 0.310 e. The van der Waals surface area contributed by atoms with E-state index in [0.29, 0.717) is 0 Å². The standard InChI is InChI=1S/C14H15NO2/c1-10(2)17-13(16)9-12-6-3-5-11-7-4-8-15-14(11)12/h3-8,10H,9H2,1-2H3. The van der Waals surface area contributed by atoms with E-state index in [2.05, 4.69) is 4.98 Å². The maximum atomic E-state index is 11.6. The van der Waals surface area contributed by atoms with E-state index in [1.165, 1.54) is 0 Å². The van der Waals surface area contributed by atoms with Crippen molar-refractivity contribution in [3.8, 4) is 0 Å². The Bertz CT molecular complexity index is 529. The van der Waals surface area contributed by atoms with Gasteiger partial charge in [-0.15, -0.1) is 0 Å². The minimum atomic E-state index is -0.210. The Morgan fingerprint density at radius 1 is 1.29 bits per heavy atom. The van der Waals surface area contributed by atoms with Crippen LogP contribution in [0.3, 0.4) is 0 Å². The number of ether oxygens (including phenoxy) is 1. The van der Waals surface area contributed by atoms with E-state index in [9.17, 15) is 4.79 Å². The van der Waals surface area contributed by atoms with E-state index in [0.717, 1.165) is 16.5 Å². The second-order valence-corrected chi connectivity index (χ2v) is 4.21. The highest BCUT2D eigenvalue weighted by molar-refractivity contribution is 5.85. The number of pyridine rings is 1. The summed E-state index contributed by atoms with van der Waals surface area (Å²) in [6.07, 6.45) is 1.93. The molecule has 0 bridgehead atoms. The summed E-state index contributed by atoms with van der Waals surface area (Å²) in [6.45, 7) is 3.69. The van der Waals surface area contributed by atoms with Crippen molar-refractivity contribution < 1.29 is 9.53 Å². The summed E-state index contributed by atoms with van der Waals surface area (Å²) >= 11 is 0. The maximum absolute atomic E-state index is 11.6. The third kappa shape index (κ3) is 2.81. The van der Waals surface area contributed by atoms with Crippen LogP contribution in [-0.2, 0) is 16.0 Å². The first-order valence-corrected chi connectivity index (χ1v) is 5.69. The Morgan fingerprint density at radius 3 is 2.82 bits per heavy atom. The van der Waals surface area contributed by atoms with Crippen LogP contribution in [0.4, 0.5) is 0 Å². The highest BCUT2D eigenvalue weighted by atomic mass is 16.5. The molecule has 3 nitrogen and oxygen atoms in total. The van der Waals surface area contributed by atoms with Crippen molar-refractivity contribution in [3.63, 3.8) is 0 Å². The average Bonchev–Trinajstić information content (AvgIpc) is 2.28. The van der Waals surface area contributed by atoms with Crippen LogP contribution in [0.5, 0.6) is 0 Å². The number of aromatic nitrogens is 1. The average molecular weight is 229 g/mol. The molecule has 0 saturated heterocycles. The molecule has 2 rings (SSSR count). The summed E-state index contributed by atoms with van der Waals surface area (Å²) in [5.41, 5.74) is 1.78. The number of carbonyl (C=O) groups excluding carboxylic acids is 1. The van der Waals surface area contributed by atoms with Crippen molar-refractivity contribution in [2.75, 3.05) is 0 Å². The second kappa shape index (κ2) is 4.95. The summed E-state index contributed by atoms with van der Waals surface area (Å²) < 4.78 is 5.14. The number of hydrogen-bond donors (Lipinski definition) is 0. The molecule has 0 amide bonds. The van der Waals surface area contributed by atoms with Crippen molar-refractivity contribution in [1.29, 1.82) is 0 Å². The fourth-order valence-electron chi connectivity index (χ4n) is 1.77. The molecule has 0 atom stereocenters. The van der Waals surface area contributed by atoms with E-state index in [-0.39, 0.29) is 18.5 Å². The van der Waals surface area contributed by atoms with Crippen molar-refractivity contribution in [2.45, 2.75) is 26.4 Å². The van der Waals surface area contributed by atoms with Crippen LogP contribution in [0, 0.1) is 0 Å². The summed E-state index contributed by atoms with van der Waals surface area (Å²) in [7, 11) is 0. The molecule has 0 unspecified atom stereocenters. The number of rotatable bonds is 3. The van der Waals surface area contributed by atoms with Gasteiger partial charge in [0.15, 0.2) is 0 Å². The molecular formula is C14H15NO2. The first-order valence-electron chi connectivity index (χ1n) is 5.69. The number of benzene rings is 1. The quantitative estimate of drug-likeness (QED) is 0.760. The third-order valence-corrected chi connectivity index (χ3v) is 2.42. The Balaban J connectivity index is 2.27. The van der Waals surface area contributed by atoms with Gasteiger partial charge in [-0.1, -0.05) is 24.3 Å². The third-order valence-electron chi connectivity index (χ3n) is 2.42. The topological polar surface area (TPSA) is 39.2 Å². The van der Waals surface area contributed by atoms with Gasteiger partial charge in [0.1, 0.15) is 0 Å². The first-order chi connectivity index (χ1) is 8.16. The number of carbonyl (C=O) groups is 1. The lowest BCUT2D eigenvalue weighted by Gasteiger charge is -2.09. The predicted molar refractivity (Wildman–Crippen MR) is 66.7 cm³/mol. The van der Waals surface area contributed by atoms with Crippen LogP contribution in [0.2, 0.25) is 0 Å². The SMILES string of the molecule is CC(C)OC(=O)Cc1cccc2cccnc12. The van der Waals surface area contributed by atoms with E-state index in [1.54, 1.807) is 6.20 Å². The molecule has 1 heterocycles. The molecule has 88 valence electrons. The van der Waals surface area contributed by atoms with Crippen molar-refractivity contribution >= 4 is 16.9 Å². The first kappa shape index (κ1) is 11.6. The minimum absolute atomic E-state index is 0.0783. The number of esters is 1. The smallest absolute Gasteiger partial charge is 0.310 e. The van der Waals surface area contributed by atoms with Gasteiger partial charge in [-0.2, -0.15) is 0 Å². The Labute approximate surface area is 100 Å². The Kier molecular flexibility index (Phi) is 3.38. The summed E-state index contributed by atoms with van der Waals surface area (Å²) in [4.78, 5) is 15.9. The van der Waals surface area contributed by atoms with E-state index in [4.69, 9.17) is 4.74 Å². The van der Waals surface area contributed by atoms with Gasteiger partial charge in [0.25, 0.3) is 0 Å². The lowest BCUT2D eigenvalue weighted by Crippen LogP contribution is -2.13. The molecule has 0 aliphatic carbocycles. The van der Waals surface area contributed by atoms with E-state index >= 15 is 0 Å². The zero-order chi connectivity index (χ0) is 12.3. The Morgan fingerprint density at radius 2 is 2.06 bits per heavy atom. The molecule has 0 fully saturated rings. The summed E-state index contributed by atoms with van der Waals surface area (Å²) in [5, 5.41) is 1.04. The van der Waals surface area contributed by atoms with Crippen LogP contribution in [0.25, 0.3) is 10.9 Å². The highest BCUT2D eigenvalue weighted by Gasteiger charge is 2.09. The van der Waals surface area contributed by atoms with Gasteiger partial charge < -0.3 is 4.74 Å². The van der Waals surface area contributed by atoms with Crippen molar-refractivity contribution in [3.05, 3.63) is 42.1 Å². The van der Waals surface area contributed by atoms with Gasteiger partial charge in [-0.3, -0.25) is 9.78 Å². The zero-order valence-corrected chi connectivity index (χ0v) is 10.0. The van der Waals surface area contributed by atoms with Crippen LogP contribution in [0.1, 0.15) is 19.4 Å². The molecule has 2 aromatic rings. The molecule has 1 aromatic carbocycles. The molecule has 0 radical (unpaired) electrons. The van der Waals surface area contributed by atoms with Crippen molar-refractivity contribution in [1.82, 2.24) is 4.98 Å². The summed E-state index contributed by atoms with van der Waals surface area (Å²) in [6, 6.07) is 9.71. The van der Waals surface area contributed by atoms with Gasteiger partial charge in [-0.05, 0) is 25.5 Å². The molecule has 0 N–H and O–H groups in total. The highest BCUT2D eigenvalue weighted by Crippen LogP contribution is 2.16. The zero-order valence-electron chi connectivity index (χ0n) is 10.0. The van der Waals surface area contributed by atoms with Crippen LogP contribution in [0.15, 0.2) is 36.5 Å². The Hall–Kier alpha value is -1.90. The van der Waals surface area contributed by atoms with E-state index < -0.39 is 0 Å². The number of hydrogen-bond acceptors (Lipinski definition) is 3. The number of para-hydroxylation sites is 1. The van der Waals surface area contributed by atoms with Crippen LogP contribution < -0.4 is 0 Å². The van der Waals surface area contributed by atoms with Crippen LogP contribution in [-0.4, -0.2) is 17.1 Å². The number of fused-ring (bicyclic) bond motifs is 1. The van der Waals surface area contributed by atoms with Crippen molar-refractivity contribution in [2.24, 2.45) is 0 Å². The molecule has 0 saturated carbocycles. The number of nitrogens with zero attached hydrogens (tertiary/aromatic N) is 1. The van der Waals surface area contributed by atoms with Crippen LogP contribution >= 0.6 is 0 Å². The second-order valence-electron chi connectivity index (χ2n) is 4.21. The molecular weight excluding hydrogens is 214 g/mol. The molecule has 3 heteroatoms. The fourth-order valence-corrected chi connectivity index (χ4v) is 1.77. The van der Waals surface area contributed by atoms with Gasteiger partial charge in [0.2, 0.25) is 0 Å².